The van der Waals surface area contributed by atoms with E-state index in [0.717, 1.165) is 12.1 Å². The number of hydrogen-bond donors (Lipinski definition) is 2. The van der Waals surface area contributed by atoms with Crippen molar-refractivity contribution in [1.29, 1.82) is 0 Å². The molecule has 2 aromatic heterocycles. The van der Waals surface area contributed by atoms with Crippen molar-refractivity contribution in [2.75, 3.05) is 18.4 Å². The van der Waals surface area contributed by atoms with E-state index in [9.17, 15) is 22.8 Å². The number of hydrogen-bond acceptors (Lipinski definition) is 4. The van der Waals surface area contributed by atoms with Crippen LogP contribution in [0.5, 0.6) is 0 Å². The maximum absolute atomic E-state index is 12.9. The third-order valence-electron chi connectivity index (χ3n) is 5.27. The maximum atomic E-state index is 12.9. The number of pyridine rings is 1. The number of carbonyl (C=O) groups excluding carboxylic acids is 2. The molecule has 1 aliphatic heterocycles. The zero-order valence-electron chi connectivity index (χ0n) is 16.9. The fourth-order valence-corrected chi connectivity index (χ4v) is 3.64. The molecule has 2 amide bonds. The molecule has 1 saturated heterocycles. The zero-order chi connectivity index (χ0) is 22.7. The average molecular weight is 443 g/mol. The zero-order valence-corrected chi connectivity index (χ0v) is 16.9. The number of likely N-dealkylation sites (tertiary alicyclic amines) is 1. The molecule has 0 bridgehead atoms. The van der Waals surface area contributed by atoms with Crippen LogP contribution in [0.3, 0.4) is 0 Å². The second-order valence-corrected chi connectivity index (χ2v) is 7.54. The third kappa shape index (κ3) is 4.79. The molecular formula is C22H20F3N5O2. The van der Waals surface area contributed by atoms with Gasteiger partial charge in [0.1, 0.15) is 11.4 Å². The van der Waals surface area contributed by atoms with E-state index in [1.165, 1.54) is 12.1 Å². The normalized spacial score (nSPS) is 16.6. The molecule has 0 aliphatic carbocycles. The number of piperidine rings is 1. The van der Waals surface area contributed by atoms with E-state index in [0.29, 0.717) is 30.8 Å². The highest BCUT2D eigenvalue weighted by molar-refractivity contribution is 5.95. The van der Waals surface area contributed by atoms with Crippen molar-refractivity contribution >= 4 is 17.5 Å². The van der Waals surface area contributed by atoms with Gasteiger partial charge in [-0.2, -0.15) is 18.3 Å². The molecule has 0 radical (unpaired) electrons. The van der Waals surface area contributed by atoms with Gasteiger partial charge < -0.3 is 10.2 Å². The molecule has 0 unspecified atom stereocenters. The fraction of sp³-hybridized carbons (Fsp3) is 0.273. The first-order valence-corrected chi connectivity index (χ1v) is 10.1. The lowest BCUT2D eigenvalue weighted by Crippen LogP contribution is -2.43. The van der Waals surface area contributed by atoms with Gasteiger partial charge in [-0.15, -0.1) is 0 Å². The largest absolute Gasteiger partial charge is 0.416 e. The standard InChI is InChI=1S/C22H20F3N5O2/c23-22(24,25)15-6-3-7-16(11-15)27-20(31)14-5-4-10-30(13-14)21(32)19-12-18(28-29-19)17-8-1-2-9-26-17/h1-3,6-9,11-12,14H,4-5,10,13H2,(H,27,31)(H,28,29)/t14-/m1/s1. The van der Waals surface area contributed by atoms with Gasteiger partial charge in [0, 0.05) is 25.0 Å². The van der Waals surface area contributed by atoms with Gasteiger partial charge in [-0.3, -0.25) is 19.7 Å². The van der Waals surface area contributed by atoms with Crippen molar-refractivity contribution in [3.05, 3.63) is 66.0 Å². The number of alkyl halides is 3. The summed E-state index contributed by atoms with van der Waals surface area (Å²) in [7, 11) is 0. The lowest BCUT2D eigenvalue weighted by atomic mass is 9.96. The van der Waals surface area contributed by atoms with Crippen LogP contribution in [0.2, 0.25) is 0 Å². The van der Waals surface area contributed by atoms with Crippen LogP contribution in [0.15, 0.2) is 54.7 Å². The molecule has 7 nitrogen and oxygen atoms in total. The summed E-state index contributed by atoms with van der Waals surface area (Å²) < 4.78 is 38.7. The van der Waals surface area contributed by atoms with Crippen molar-refractivity contribution in [2.45, 2.75) is 19.0 Å². The molecule has 10 heteroatoms. The number of H-pyrrole nitrogens is 1. The topological polar surface area (TPSA) is 91.0 Å². The number of nitrogens with one attached hydrogen (secondary N) is 2. The summed E-state index contributed by atoms with van der Waals surface area (Å²) in [6.07, 6.45) is -1.72. The van der Waals surface area contributed by atoms with Crippen LogP contribution in [-0.4, -0.2) is 45.0 Å². The quantitative estimate of drug-likeness (QED) is 0.638. The first-order valence-electron chi connectivity index (χ1n) is 10.1. The monoisotopic (exact) mass is 443 g/mol. The van der Waals surface area contributed by atoms with Crippen LogP contribution in [0.4, 0.5) is 18.9 Å². The van der Waals surface area contributed by atoms with E-state index in [4.69, 9.17) is 0 Å². The molecule has 1 aliphatic rings. The van der Waals surface area contributed by atoms with Crippen LogP contribution in [0, 0.1) is 5.92 Å². The van der Waals surface area contributed by atoms with E-state index >= 15 is 0 Å². The van der Waals surface area contributed by atoms with Crippen LogP contribution >= 0.6 is 0 Å². The summed E-state index contributed by atoms with van der Waals surface area (Å²) in [4.78, 5) is 31.3. The molecule has 4 rings (SSSR count). The predicted octanol–water partition coefficient (Wildman–Crippen LogP) is 3.98. The second kappa shape index (κ2) is 8.81. The molecule has 166 valence electrons. The predicted molar refractivity (Wildman–Crippen MR) is 111 cm³/mol. The Balaban J connectivity index is 1.42. The van der Waals surface area contributed by atoms with Crippen molar-refractivity contribution in [3.8, 4) is 11.4 Å². The van der Waals surface area contributed by atoms with E-state index in [2.05, 4.69) is 20.5 Å². The second-order valence-electron chi connectivity index (χ2n) is 7.54. The molecule has 32 heavy (non-hydrogen) atoms. The third-order valence-corrected chi connectivity index (χ3v) is 5.27. The highest BCUT2D eigenvalue weighted by Crippen LogP contribution is 2.31. The number of aromatic amines is 1. The first-order chi connectivity index (χ1) is 15.3. The highest BCUT2D eigenvalue weighted by atomic mass is 19.4. The number of aromatic nitrogens is 3. The SMILES string of the molecule is O=C(Nc1cccc(C(F)(F)F)c1)[C@@H]1CCCN(C(=O)c2cc(-c3ccccn3)n[nH]2)C1. The first kappa shape index (κ1) is 21.5. The Kier molecular flexibility index (Phi) is 5.93. The Hall–Kier alpha value is -3.69. The number of nitrogens with zero attached hydrogens (tertiary/aromatic N) is 3. The summed E-state index contributed by atoms with van der Waals surface area (Å²) >= 11 is 0. The van der Waals surface area contributed by atoms with Crippen molar-refractivity contribution in [1.82, 2.24) is 20.1 Å². The number of halogens is 3. The Morgan fingerprint density at radius 2 is 1.94 bits per heavy atom. The summed E-state index contributed by atoms with van der Waals surface area (Å²) in [6.45, 7) is 0.645. The highest BCUT2D eigenvalue weighted by Gasteiger charge is 2.32. The molecule has 1 atom stereocenters. The van der Waals surface area contributed by atoms with Crippen LogP contribution < -0.4 is 5.32 Å². The summed E-state index contributed by atoms with van der Waals surface area (Å²) in [5.41, 5.74) is 0.676. The minimum Gasteiger partial charge on any atom is -0.337 e. The van der Waals surface area contributed by atoms with Gasteiger partial charge >= 0.3 is 6.18 Å². The number of rotatable bonds is 4. The maximum Gasteiger partial charge on any atom is 0.416 e. The number of amides is 2. The molecule has 0 spiro atoms. The van der Waals surface area contributed by atoms with Gasteiger partial charge in [-0.1, -0.05) is 12.1 Å². The Bertz CT molecular complexity index is 1110. The Morgan fingerprint density at radius 3 is 2.69 bits per heavy atom. The summed E-state index contributed by atoms with van der Waals surface area (Å²) in [5, 5.41) is 9.40. The summed E-state index contributed by atoms with van der Waals surface area (Å²) in [5.74, 6) is -1.24. The fourth-order valence-electron chi connectivity index (χ4n) is 3.64. The number of anilines is 1. The van der Waals surface area contributed by atoms with Crippen LogP contribution in [0.1, 0.15) is 28.9 Å². The Labute approximate surface area is 181 Å². The van der Waals surface area contributed by atoms with Gasteiger partial charge in [0.25, 0.3) is 5.91 Å². The van der Waals surface area contributed by atoms with E-state index in [1.54, 1.807) is 29.3 Å². The van der Waals surface area contributed by atoms with Crippen molar-refractivity contribution in [2.24, 2.45) is 5.92 Å². The van der Waals surface area contributed by atoms with Crippen molar-refractivity contribution in [3.63, 3.8) is 0 Å². The number of benzene rings is 1. The van der Waals surface area contributed by atoms with E-state index in [1.807, 2.05) is 6.07 Å². The van der Waals surface area contributed by atoms with Gasteiger partial charge in [0.05, 0.1) is 17.2 Å². The van der Waals surface area contributed by atoms with Gasteiger partial charge in [-0.05, 0) is 49.2 Å². The van der Waals surface area contributed by atoms with E-state index < -0.39 is 23.6 Å². The van der Waals surface area contributed by atoms with Gasteiger partial charge in [-0.25, -0.2) is 0 Å². The lowest BCUT2D eigenvalue weighted by molar-refractivity contribution is -0.137. The lowest BCUT2D eigenvalue weighted by Gasteiger charge is -2.31. The molecule has 3 aromatic rings. The molecule has 0 saturated carbocycles. The van der Waals surface area contributed by atoms with Crippen LogP contribution in [-0.2, 0) is 11.0 Å². The van der Waals surface area contributed by atoms with Gasteiger partial charge in [0.2, 0.25) is 5.91 Å². The van der Waals surface area contributed by atoms with Crippen molar-refractivity contribution < 1.29 is 22.8 Å². The molecule has 1 aromatic carbocycles. The smallest absolute Gasteiger partial charge is 0.337 e. The molecular weight excluding hydrogens is 423 g/mol. The van der Waals surface area contributed by atoms with E-state index in [-0.39, 0.29) is 23.8 Å². The molecule has 1 fully saturated rings. The molecule has 3 heterocycles. The minimum absolute atomic E-state index is 0.0712. The number of carbonyl (C=O) groups is 2. The van der Waals surface area contributed by atoms with Gasteiger partial charge in [0.15, 0.2) is 0 Å². The Morgan fingerprint density at radius 1 is 1.09 bits per heavy atom. The molecule has 2 N–H and O–H groups in total. The minimum atomic E-state index is -4.49. The average Bonchev–Trinajstić information content (AvgIpc) is 3.29. The summed E-state index contributed by atoms with van der Waals surface area (Å²) in [6, 6.07) is 11.5. The van der Waals surface area contributed by atoms with Crippen LogP contribution in [0.25, 0.3) is 11.4 Å².